The van der Waals surface area contributed by atoms with Gasteiger partial charge in [-0.1, -0.05) is 6.07 Å². The van der Waals surface area contributed by atoms with Crippen LogP contribution in [0.2, 0.25) is 0 Å². The molecule has 0 aliphatic carbocycles. The third-order valence-corrected chi connectivity index (χ3v) is 3.78. The average Bonchev–Trinajstić information content (AvgIpc) is 2.80. The highest BCUT2D eigenvalue weighted by atomic mass is 16.5. The third-order valence-electron chi connectivity index (χ3n) is 3.78. The number of nitrogens with zero attached hydrogens (tertiary/aromatic N) is 2. The molecule has 1 aromatic heterocycles. The van der Waals surface area contributed by atoms with Gasteiger partial charge in [0.05, 0.1) is 6.61 Å². The lowest BCUT2D eigenvalue weighted by molar-refractivity contribution is -0.156. The van der Waals surface area contributed by atoms with Crippen molar-refractivity contribution in [1.82, 2.24) is 9.47 Å². The van der Waals surface area contributed by atoms with Crippen molar-refractivity contribution in [2.75, 3.05) is 19.7 Å². The number of benzene rings is 1. The third kappa shape index (κ3) is 2.55. The molecule has 0 amide bonds. The van der Waals surface area contributed by atoms with Crippen molar-refractivity contribution < 1.29 is 14.6 Å². The van der Waals surface area contributed by atoms with Crippen LogP contribution >= 0.6 is 0 Å². The summed E-state index contributed by atoms with van der Waals surface area (Å²) in [5, 5.41) is 10.2. The molecule has 1 saturated heterocycles. The summed E-state index contributed by atoms with van der Waals surface area (Å²) < 4.78 is 7.33. The Morgan fingerprint density at radius 2 is 2.30 bits per heavy atom. The molecule has 20 heavy (non-hydrogen) atoms. The van der Waals surface area contributed by atoms with Gasteiger partial charge < -0.3 is 14.4 Å². The Bertz CT molecular complexity index is 635. The average molecular weight is 274 g/mol. The Morgan fingerprint density at radius 1 is 1.45 bits per heavy atom. The fourth-order valence-corrected chi connectivity index (χ4v) is 2.68. The van der Waals surface area contributed by atoms with E-state index < -0.39 is 12.1 Å². The number of carbonyl (C=O) groups is 1. The lowest BCUT2D eigenvalue weighted by Crippen LogP contribution is -2.45. The van der Waals surface area contributed by atoms with Crippen molar-refractivity contribution in [2.45, 2.75) is 12.6 Å². The number of rotatable bonds is 3. The smallest absolute Gasteiger partial charge is 0.334 e. The number of fused-ring (bicyclic) bond motifs is 1. The zero-order chi connectivity index (χ0) is 14.1. The van der Waals surface area contributed by atoms with Crippen LogP contribution in [0.15, 0.2) is 30.5 Å². The van der Waals surface area contributed by atoms with E-state index in [-0.39, 0.29) is 0 Å². The van der Waals surface area contributed by atoms with Crippen molar-refractivity contribution in [3.05, 3.63) is 36.0 Å². The van der Waals surface area contributed by atoms with Crippen LogP contribution in [0.25, 0.3) is 10.9 Å². The molecule has 1 N–H and O–H groups in total. The van der Waals surface area contributed by atoms with E-state index >= 15 is 0 Å². The predicted molar refractivity (Wildman–Crippen MR) is 75.6 cm³/mol. The predicted octanol–water partition coefficient (Wildman–Crippen LogP) is 1.46. The molecule has 0 bridgehead atoms. The second-order valence-corrected chi connectivity index (χ2v) is 5.25. The summed E-state index contributed by atoms with van der Waals surface area (Å²) in [6.07, 6.45) is 1.34. The van der Waals surface area contributed by atoms with Crippen LogP contribution in [0.1, 0.15) is 5.56 Å². The first-order valence-corrected chi connectivity index (χ1v) is 6.74. The maximum absolute atomic E-state index is 11.0. The van der Waals surface area contributed by atoms with Gasteiger partial charge in [0.2, 0.25) is 0 Å². The fourth-order valence-electron chi connectivity index (χ4n) is 2.68. The quantitative estimate of drug-likeness (QED) is 0.920. The van der Waals surface area contributed by atoms with E-state index in [1.165, 1.54) is 16.5 Å². The highest BCUT2D eigenvalue weighted by molar-refractivity contribution is 5.80. The van der Waals surface area contributed by atoms with Gasteiger partial charge in [-0.3, -0.25) is 4.90 Å². The molecule has 3 rings (SSSR count). The molecule has 5 nitrogen and oxygen atoms in total. The van der Waals surface area contributed by atoms with Crippen LogP contribution in [-0.4, -0.2) is 46.3 Å². The minimum atomic E-state index is -0.881. The monoisotopic (exact) mass is 274 g/mol. The second kappa shape index (κ2) is 5.26. The standard InChI is InChI=1S/C15H18N2O3/c1-16-5-4-12-8-11(2-3-13(12)16)9-17-6-7-20-14(10-17)15(18)19/h2-5,8,14H,6-7,9-10H2,1H3,(H,18,19). The first-order chi connectivity index (χ1) is 9.63. The van der Waals surface area contributed by atoms with Gasteiger partial charge in [0.25, 0.3) is 0 Å². The largest absolute Gasteiger partial charge is 0.479 e. The van der Waals surface area contributed by atoms with Crippen LogP contribution in [0, 0.1) is 0 Å². The molecule has 2 aromatic rings. The molecule has 5 heteroatoms. The van der Waals surface area contributed by atoms with Crippen LogP contribution in [0.5, 0.6) is 0 Å². The van der Waals surface area contributed by atoms with Crippen molar-refractivity contribution >= 4 is 16.9 Å². The van der Waals surface area contributed by atoms with E-state index in [4.69, 9.17) is 9.84 Å². The molecule has 1 unspecified atom stereocenters. The van der Waals surface area contributed by atoms with Crippen molar-refractivity contribution in [3.63, 3.8) is 0 Å². The Hall–Kier alpha value is -1.85. The van der Waals surface area contributed by atoms with Crippen LogP contribution in [0.3, 0.4) is 0 Å². The van der Waals surface area contributed by atoms with Gasteiger partial charge in [-0.15, -0.1) is 0 Å². The van der Waals surface area contributed by atoms with Gasteiger partial charge in [-0.05, 0) is 29.1 Å². The number of ether oxygens (including phenoxy) is 1. The summed E-state index contributed by atoms with van der Waals surface area (Å²) in [6, 6.07) is 8.48. The van der Waals surface area contributed by atoms with Gasteiger partial charge in [-0.25, -0.2) is 4.79 Å². The summed E-state index contributed by atoms with van der Waals surface area (Å²) in [5.41, 5.74) is 2.41. The Labute approximate surface area is 117 Å². The summed E-state index contributed by atoms with van der Waals surface area (Å²) in [7, 11) is 2.03. The normalized spacial score (nSPS) is 20.4. The SMILES string of the molecule is Cn1ccc2cc(CN3CCOC(C(=O)O)C3)ccc21. The van der Waals surface area contributed by atoms with Crippen LogP contribution in [0.4, 0.5) is 0 Å². The summed E-state index contributed by atoms with van der Waals surface area (Å²) in [5.74, 6) is -0.881. The van der Waals surface area contributed by atoms with Gasteiger partial charge in [0, 0.05) is 38.4 Å². The van der Waals surface area contributed by atoms with Gasteiger partial charge in [0.15, 0.2) is 6.10 Å². The minimum absolute atomic E-state index is 0.447. The maximum atomic E-state index is 11.0. The molecular weight excluding hydrogens is 256 g/mol. The number of morpholine rings is 1. The maximum Gasteiger partial charge on any atom is 0.334 e. The van der Waals surface area contributed by atoms with Crippen molar-refractivity contribution in [3.8, 4) is 0 Å². The zero-order valence-corrected chi connectivity index (χ0v) is 11.5. The number of aliphatic carboxylic acids is 1. The molecular formula is C15H18N2O3. The van der Waals surface area contributed by atoms with Crippen molar-refractivity contribution in [2.24, 2.45) is 7.05 Å². The lowest BCUT2D eigenvalue weighted by Gasteiger charge is -2.30. The molecule has 0 spiro atoms. The number of carboxylic acid groups (broad SMARTS) is 1. The molecule has 0 saturated carbocycles. The molecule has 1 fully saturated rings. The van der Waals surface area contributed by atoms with Gasteiger partial charge in [0.1, 0.15) is 0 Å². The Kier molecular flexibility index (Phi) is 3.46. The van der Waals surface area contributed by atoms with E-state index in [9.17, 15) is 4.79 Å². The molecule has 2 heterocycles. The number of carboxylic acids is 1. The Morgan fingerprint density at radius 3 is 3.10 bits per heavy atom. The van der Waals surface area contributed by atoms with E-state index in [1.54, 1.807) is 0 Å². The first kappa shape index (κ1) is 13.1. The molecule has 1 aromatic carbocycles. The first-order valence-electron chi connectivity index (χ1n) is 6.74. The highest BCUT2D eigenvalue weighted by Gasteiger charge is 2.26. The molecule has 0 radical (unpaired) electrons. The van der Waals surface area contributed by atoms with Gasteiger partial charge in [-0.2, -0.15) is 0 Å². The van der Waals surface area contributed by atoms with Gasteiger partial charge >= 0.3 is 5.97 Å². The van der Waals surface area contributed by atoms with E-state index in [2.05, 4.69) is 33.7 Å². The molecule has 106 valence electrons. The zero-order valence-electron chi connectivity index (χ0n) is 11.5. The molecule has 1 atom stereocenters. The van der Waals surface area contributed by atoms with E-state index in [1.807, 2.05) is 13.2 Å². The highest BCUT2D eigenvalue weighted by Crippen LogP contribution is 2.18. The Balaban J connectivity index is 1.73. The van der Waals surface area contributed by atoms with Crippen LogP contribution in [-0.2, 0) is 23.1 Å². The van der Waals surface area contributed by atoms with E-state index in [0.717, 1.165) is 13.1 Å². The van der Waals surface area contributed by atoms with E-state index in [0.29, 0.717) is 13.2 Å². The second-order valence-electron chi connectivity index (χ2n) is 5.25. The number of aromatic nitrogens is 1. The topological polar surface area (TPSA) is 54.7 Å². The molecule has 1 aliphatic heterocycles. The molecule has 1 aliphatic rings. The summed E-state index contributed by atoms with van der Waals surface area (Å²) >= 11 is 0. The van der Waals surface area contributed by atoms with Crippen molar-refractivity contribution in [1.29, 1.82) is 0 Å². The minimum Gasteiger partial charge on any atom is -0.479 e. The lowest BCUT2D eigenvalue weighted by atomic mass is 10.1. The fraction of sp³-hybridized carbons (Fsp3) is 0.400. The summed E-state index contributed by atoms with van der Waals surface area (Å²) in [6.45, 7) is 2.46. The van der Waals surface area contributed by atoms with Crippen LogP contribution < -0.4 is 0 Å². The number of hydrogen-bond donors (Lipinski definition) is 1. The number of aryl methyl sites for hydroxylation is 1. The number of hydrogen-bond acceptors (Lipinski definition) is 3. The summed E-state index contributed by atoms with van der Waals surface area (Å²) in [4.78, 5) is 13.1.